The normalized spacial score (nSPS) is 11.2. The van der Waals surface area contributed by atoms with E-state index in [2.05, 4.69) is 20.6 Å². The number of thioether (sulfide) groups is 1. The van der Waals surface area contributed by atoms with Gasteiger partial charge >= 0.3 is 0 Å². The third-order valence-corrected chi connectivity index (χ3v) is 6.53. The highest BCUT2D eigenvalue weighted by Crippen LogP contribution is 2.26. The summed E-state index contributed by atoms with van der Waals surface area (Å²) in [6.07, 6.45) is 3.72. The molecule has 0 aliphatic carbocycles. The summed E-state index contributed by atoms with van der Waals surface area (Å²) in [5, 5.41) is 16.9. The first kappa shape index (κ1) is 21.0. The summed E-state index contributed by atoms with van der Waals surface area (Å²) in [7, 11) is 1.64. The Labute approximate surface area is 194 Å². The van der Waals surface area contributed by atoms with Crippen LogP contribution in [0.5, 0.6) is 5.75 Å². The minimum atomic E-state index is -0.0855. The Bertz CT molecular complexity index is 1470. The predicted octanol–water partition coefficient (Wildman–Crippen LogP) is 4.40. The van der Waals surface area contributed by atoms with Gasteiger partial charge in [0.25, 0.3) is 0 Å². The van der Waals surface area contributed by atoms with Crippen molar-refractivity contribution in [1.29, 1.82) is 0 Å². The molecule has 1 amide bonds. The first-order valence-corrected chi connectivity index (χ1v) is 11.4. The van der Waals surface area contributed by atoms with Gasteiger partial charge in [-0.15, -0.1) is 10.2 Å². The van der Waals surface area contributed by atoms with Crippen molar-refractivity contribution in [3.05, 3.63) is 72.1 Å². The molecule has 0 saturated heterocycles. The molecule has 3 aromatic heterocycles. The maximum Gasteiger partial charge on any atom is 0.234 e. The molecule has 33 heavy (non-hydrogen) atoms. The summed E-state index contributed by atoms with van der Waals surface area (Å²) < 4.78 is 8.89. The van der Waals surface area contributed by atoms with Crippen LogP contribution in [0.25, 0.3) is 22.4 Å². The largest absolute Gasteiger partial charge is 0.497 e. The monoisotopic (exact) mass is 458 g/mol. The molecule has 0 atom stereocenters. The van der Waals surface area contributed by atoms with Crippen LogP contribution < -0.4 is 10.1 Å². The number of carbonyl (C=O) groups excluding carboxylic acids is 1. The molecule has 0 fully saturated rings. The number of hydrogen-bond acceptors (Lipinski definition) is 6. The Morgan fingerprint density at radius 2 is 1.91 bits per heavy atom. The molecule has 0 aliphatic heterocycles. The van der Waals surface area contributed by atoms with Gasteiger partial charge in [0.1, 0.15) is 11.3 Å². The summed E-state index contributed by atoms with van der Waals surface area (Å²) in [6.45, 7) is 4.03. The topological polar surface area (TPSA) is 85.8 Å². The summed E-state index contributed by atoms with van der Waals surface area (Å²) in [5.41, 5.74) is 6.37. The zero-order chi connectivity index (χ0) is 22.9. The Kier molecular flexibility index (Phi) is 5.47. The molecule has 0 unspecified atom stereocenters. The van der Waals surface area contributed by atoms with Gasteiger partial charge in [-0.25, -0.2) is 4.52 Å². The van der Waals surface area contributed by atoms with Crippen LogP contribution in [0.4, 0.5) is 5.69 Å². The molecule has 166 valence electrons. The van der Waals surface area contributed by atoms with E-state index in [1.807, 2.05) is 79.2 Å². The molecule has 0 radical (unpaired) electrons. The van der Waals surface area contributed by atoms with E-state index in [-0.39, 0.29) is 11.7 Å². The van der Waals surface area contributed by atoms with Crippen molar-refractivity contribution in [3.63, 3.8) is 0 Å². The number of amides is 1. The molecule has 2 aromatic carbocycles. The number of aromatic nitrogens is 5. The van der Waals surface area contributed by atoms with Gasteiger partial charge in [0, 0.05) is 23.6 Å². The van der Waals surface area contributed by atoms with Gasteiger partial charge in [0.2, 0.25) is 5.91 Å². The van der Waals surface area contributed by atoms with Crippen LogP contribution in [0.15, 0.2) is 66.1 Å². The Hall–Kier alpha value is -3.85. The van der Waals surface area contributed by atoms with Crippen LogP contribution >= 0.6 is 11.8 Å². The standard InChI is InChI=1S/C24H22N6O2S/c1-15-5-4-6-19(16(15)2)25-22(31)14-33-24-27-26-23-21-13-20(28-30(21)12-11-29(23)24)17-7-9-18(32-3)10-8-17/h4-13H,14H2,1-3H3,(H,25,31). The fourth-order valence-corrected chi connectivity index (χ4v) is 4.31. The number of nitrogens with zero attached hydrogens (tertiary/aromatic N) is 5. The van der Waals surface area contributed by atoms with Gasteiger partial charge in [-0.1, -0.05) is 23.9 Å². The van der Waals surface area contributed by atoms with Crippen molar-refractivity contribution < 1.29 is 9.53 Å². The molecule has 9 heteroatoms. The van der Waals surface area contributed by atoms with Crippen LogP contribution in [0.1, 0.15) is 11.1 Å². The van der Waals surface area contributed by atoms with E-state index in [9.17, 15) is 4.79 Å². The van der Waals surface area contributed by atoms with Crippen LogP contribution in [0.2, 0.25) is 0 Å². The Balaban J connectivity index is 1.36. The highest BCUT2D eigenvalue weighted by atomic mass is 32.2. The third kappa shape index (κ3) is 4.03. The molecular weight excluding hydrogens is 436 g/mol. The van der Waals surface area contributed by atoms with Crippen LogP contribution in [-0.4, -0.2) is 43.0 Å². The lowest BCUT2D eigenvalue weighted by atomic mass is 10.1. The second-order valence-corrected chi connectivity index (χ2v) is 8.59. The number of aryl methyl sites for hydroxylation is 1. The maximum absolute atomic E-state index is 12.5. The van der Waals surface area contributed by atoms with Gasteiger partial charge in [-0.05, 0) is 61.4 Å². The van der Waals surface area contributed by atoms with Gasteiger partial charge < -0.3 is 10.1 Å². The summed E-state index contributed by atoms with van der Waals surface area (Å²) in [6, 6.07) is 15.6. The van der Waals surface area contributed by atoms with Crippen molar-refractivity contribution in [2.75, 3.05) is 18.2 Å². The lowest BCUT2D eigenvalue weighted by molar-refractivity contribution is -0.113. The summed E-state index contributed by atoms with van der Waals surface area (Å²) in [5.74, 6) is 0.943. The van der Waals surface area contributed by atoms with Crippen LogP contribution in [0, 0.1) is 13.8 Å². The van der Waals surface area contributed by atoms with E-state index in [0.717, 1.165) is 39.3 Å². The Morgan fingerprint density at radius 1 is 1.09 bits per heavy atom. The van der Waals surface area contributed by atoms with E-state index in [1.54, 1.807) is 11.6 Å². The number of anilines is 1. The third-order valence-electron chi connectivity index (χ3n) is 5.58. The number of fused-ring (bicyclic) bond motifs is 3. The highest BCUT2D eigenvalue weighted by molar-refractivity contribution is 7.99. The van der Waals surface area contributed by atoms with Crippen LogP contribution in [-0.2, 0) is 4.79 Å². The minimum Gasteiger partial charge on any atom is -0.497 e. The molecule has 5 aromatic rings. The van der Waals surface area contributed by atoms with Crippen molar-refractivity contribution >= 4 is 34.5 Å². The number of carbonyl (C=O) groups is 1. The lowest BCUT2D eigenvalue weighted by Gasteiger charge is -2.09. The van der Waals surface area contributed by atoms with Crippen molar-refractivity contribution in [3.8, 4) is 17.0 Å². The molecule has 8 nitrogen and oxygen atoms in total. The number of nitrogens with one attached hydrogen (secondary N) is 1. The average molecular weight is 459 g/mol. The second kappa shape index (κ2) is 8.59. The predicted molar refractivity (Wildman–Crippen MR) is 129 cm³/mol. The first-order valence-electron chi connectivity index (χ1n) is 10.4. The van der Waals surface area contributed by atoms with E-state index in [0.29, 0.717) is 10.8 Å². The van der Waals surface area contributed by atoms with Gasteiger partial charge in [0.15, 0.2) is 10.8 Å². The first-order chi connectivity index (χ1) is 16.0. The number of methoxy groups -OCH3 is 1. The van der Waals surface area contributed by atoms with Crippen molar-refractivity contribution in [1.82, 2.24) is 24.2 Å². The fraction of sp³-hybridized carbons (Fsp3) is 0.167. The maximum atomic E-state index is 12.5. The quantitative estimate of drug-likeness (QED) is 0.380. The summed E-state index contributed by atoms with van der Waals surface area (Å²) >= 11 is 1.34. The average Bonchev–Trinajstić information content (AvgIpc) is 3.45. The Morgan fingerprint density at radius 3 is 2.70 bits per heavy atom. The summed E-state index contributed by atoms with van der Waals surface area (Å²) in [4.78, 5) is 12.5. The molecule has 0 spiro atoms. The molecule has 1 N–H and O–H groups in total. The SMILES string of the molecule is COc1ccc(-c2cc3c4nnc(SCC(=O)Nc5cccc(C)c5C)n4ccn3n2)cc1. The molecular formula is C24H22N6O2S. The van der Waals surface area contributed by atoms with Gasteiger partial charge in [0.05, 0.1) is 18.6 Å². The van der Waals surface area contributed by atoms with Crippen molar-refractivity contribution in [2.45, 2.75) is 19.0 Å². The fourth-order valence-electron chi connectivity index (χ4n) is 3.60. The number of ether oxygens (including phenoxy) is 1. The minimum absolute atomic E-state index is 0.0855. The molecule has 0 bridgehead atoms. The molecule has 3 heterocycles. The van der Waals surface area contributed by atoms with E-state index in [1.165, 1.54) is 11.8 Å². The van der Waals surface area contributed by atoms with E-state index in [4.69, 9.17) is 4.74 Å². The van der Waals surface area contributed by atoms with Gasteiger partial charge in [-0.3, -0.25) is 9.20 Å². The number of hydrogen-bond donors (Lipinski definition) is 1. The number of rotatable bonds is 6. The van der Waals surface area contributed by atoms with E-state index >= 15 is 0 Å². The van der Waals surface area contributed by atoms with Gasteiger partial charge in [-0.2, -0.15) is 5.10 Å². The smallest absolute Gasteiger partial charge is 0.234 e. The second-order valence-electron chi connectivity index (χ2n) is 7.65. The van der Waals surface area contributed by atoms with Crippen LogP contribution in [0.3, 0.4) is 0 Å². The molecule has 0 saturated carbocycles. The van der Waals surface area contributed by atoms with Crippen molar-refractivity contribution in [2.24, 2.45) is 0 Å². The highest BCUT2D eigenvalue weighted by Gasteiger charge is 2.15. The zero-order valence-electron chi connectivity index (χ0n) is 18.4. The van der Waals surface area contributed by atoms with E-state index < -0.39 is 0 Å². The molecule has 5 rings (SSSR count). The lowest BCUT2D eigenvalue weighted by Crippen LogP contribution is -2.15. The number of benzene rings is 2. The molecule has 0 aliphatic rings. The zero-order valence-corrected chi connectivity index (χ0v) is 19.3.